The third-order valence-electron chi connectivity index (χ3n) is 2.76. The summed E-state index contributed by atoms with van der Waals surface area (Å²) in [5, 5.41) is 0. The molecule has 3 nitrogen and oxygen atoms in total. The van der Waals surface area contributed by atoms with Crippen molar-refractivity contribution in [2.75, 3.05) is 7.11 Å². The van der Waals surface area contributed by atoms with E-state index in [2.05, 4.69) is 0 Å². The molecular weight excluding hydrogens is 204 g/mol. The number of esters is 1. The molecule has 1 rings (SSSR count). The topological polar surface area (TPSA) is 35.5 Å². The van der Waals surface area contributed by atoms with E-state index in [1.54, 1.807) is 0 Å². The number of ether oxygens (including phenoxy) is 2. The zero-order chi connectivity index (χ0) is 12.0. The SMILES string of the molecule is CCC(CC)(Oc1ccccc1)C(=O)OC. The molecule has 1 aromatic rings. The van der Waals surface area contributed by atoms with Crippen molar-refractivity contribution >= 4 is 5.97 Å². The molecule has 0 heterocycles. The van der Waals surface area contributed by atoms with Crippen LogP contribution in [0.25, 0.3) is 0 Å². The number of hydrogen-bond donors (Lipinski definition) is 0. The third kappa shape index (κ3) is 2.54. The van der Waals surface area contributed by atoms with Crippen LogP contribution < -0.4 is 4.74 Å². The summed E-state index contributed by atoms with van der Waals surface area (Å²) in [5.74, 6) is 0.373. The first kappa shape index (κ1) is 12.6. The van der Waals surface area contributed by atoms with Crippen LogP contribution in [0.2, 0.25) is 0 Å². The number of carbonyl (C=O) groups is 1. The van der Waals surface area contributed by atoms with Crippen LogP contribution in [0.15, 0.2) is 30.3 Å². The zero-order valence-electron chi connectivity index (χ0n) is 10.0. The molecule has 0 saturated heterocycles. The van der Waals surface area contributed by atoms with Crippen molar-refractivity contribution in [2.45, 2.75) is 32.3 Å². The number of methoxy groups -OCH3 is 1. The normalized spacial score (nSPS) is 10.9. The number of rotatable bonds is 5. The Hall–Kier alpha value is -1.51. The van der Waals surface area contributed by atoms with Crippen LogP contribution in [0.5, 0.6) is 5.75 Å². The molecule has 3 heteroatoms. The molecule has 0 unspecified atom stereocenters. The van der Waals surface area contributed by atoms with Gasteiger partial charge in [0.25, 0.3) is 0 Å². The van der Waals surface area contributed by atoms with Crippen molar-refractivity contribution in [1.29, 1.82) is 0 Å². The van der Waals surface area contributed by atoms with Gasteiger partial charge in [-0.3, -0.25) is 0 Å². The summed E-state index contributed by atoms with van der Waals surface area (Å²) in [6, 6.07) is 9.34. The molecule has 0 radical (unpaired) electrons. The van der Waals surface area contributed by atoms with E-state index in [-0.39, 0.29) is 5.97 Å². The highest BCUT2D eigenvalue weighted by atomic mass is 16.6. The van der Waals surface area contributed by atoms with Crippen molar-refractivity contribution in [3.05, 3.63) is 30.3 Å². The van der Waals surface area contributed by atoms with Crippen molar-refractivity contribution in [2.24, 2.45) is 0 Å². The van der Waals surface area contributed by atoms with Crippen LogP contribution in [0.4, 0.5) is 0 Å². The monoisotopic (exact) mass is 222 g/mol. The fourth-order valence-corrected chi connectivity index (χ4v) is 1.62. The lowest BCUT2D eigenvalue weighted by atomic mass is 9.97. The van der Waals surface area contributed by atoms with Gasteiger partial charge in [-0.05, 0) is 25.0 Å². The van der Waals surface area contributed by atoms with Gasteiger partial charge in [0, 0.05) is 0 Å². The Kier molecular flexibility index (Phi) is 4.35. The first-order valence-electron chi connectivity index (χ1n) is 5.51. The van der Waals surface area contributed by atoms with Crippen LogP contribution in [0.3, 0.4) is 0 Å². The molecule has 0 aromatic heterocycles. The van der Waals surface area contributed by atoms with E-state index in [0.717, 1.165) is 0 Å². The van der Waals surface area contributed by atoms with E-state index in [9.17, 15) is 4.79 Å². The average molecular weight is 222 g/mol. The zero-order valence-corrected chi connectivity index (χ0v) is 10.0. The Bertz CT molecular complexity index is 328. The van der Waals surface area contributed by atoms with Crippen LogP contribution in [-0.2, 0) is 9.53 Å². The van der Waals surface area contributed by atoms with E-state index in [1.165, 1.54) is 7.11 Å². The molecular formula is C13H18O3. The minimum atomic E-state index is -0.865. The molecule has 0 aliphatic heterocycles. The Balaban J connectivity index is 2.91. The lowest BCUT2D eigenvalue weighted by molar-refractivity contribution is -0.159. The van der Waals surface area contributed by atoms with E-state index < -0.39 is 5.60 Å². The fraction of sp³-hybridized carbons (Fsp3) is 0.462. The molecule has 0 aliphatic carbocycles. The largest absolute Gasteiger partial charge is 0.476 e. The summed E-state index contributed by atoms with van der Waals surface area (Å²) in [6.07, 6.45) is 1.18. The molecule has 0 saturated carbocycles. The standard InChI is InChI=1S/C13H18O3/c1-4-13(5-2,12(14)15-3)16-11-9-7-6-8-10-11/h6-10H,4-5H2,1-3H3. The maximum Gasteiger partial charge on any atom is 0.350 e. The van der Waals surface area contributed by atoms with Crippen LogP contribution >= 0.6 is 0 Å². The van der Waals surface area contributed by atoms with E-state index in [1.807, 2.05) is 44.2 Å². The van der Waals surface area contributed by atoms with Gasteiger partial charge in [0.05, 0.1) is 7.11 Å². The molecule has 0 N–H and O–H groups in total. The second-order valence-corrected chi connectivity index (χ2v) is 3.61. The van der Waals surface area contributed by atoms with Gasteiger partial charge in [0.2, 0.25) is 5.60 Å². The molecule has 0 bridgehead atoms. The Morgan fingerprint density at radius 2 is 1.75 bits per heavy atom. The van der Waals surface area contributed by atoms with Gasteiger partial charge in [-0.15, -0.1) is 0 Å². The Morgan fingerprint density at radius 1 is 1.19 bits per heavy atom. The molecule has 0 fully saturated rings. The molecule has 16 heavy (non-hydrogen) atoms. The second-order valence-electron chi connectivity index (χ2n) is 3.61. The highest BCUT2D eigenvalue weighted by Crippen LogP contribution is 2.25. The number of carbonyl (C=O) groups excluding carboxylic acids is 1. The summed E-state index contributed by atoms with van der Waals surface area (Å²) >= 11 is 0. The van der Waals surface area contributed by atoms with Crippen molar-refractivity contribution in [1.82, 2.24) is 0 Å². The Labute approximate surface area is 96.4 Å². The first-order chi connectivity index (χ1) is 7.68. The number of hydrogen-bond acceptors (Lipinski definition) is 3. The van der Waals surface area contributed by atoms with E-state index >= 15 is 0 Å². The second kappa shape index (κ2) is 5.54. The maximum atomic E-state index is 11.8. The quantitative estimate of drug-likeness (QED) is 0.719. The van der Waals surface area contributed by atoms with Crippen LogP contribution in [0, 0.1) is 0 Å². The highest BCUT2D eigenvalue weighted by Gasteiger charge is 2.38. The molecule has 0 amide bonds. The smallest absolute Gasteiger partial charge is 0.350 e. The lowest BCUT2D eigenvalue weighted by Crippen LogP contribution is -2.44. The van der Waals surface area contributed by atoms with E-state index in [0.29, 0.717) is 18.6 Å². The van der Waals surface area contributed by atoms with Gasteiger partial charge in [-0.1, -0.05) is 32.0 Å². The minimum absolute atomic E-state index is 0.318. The molecule has 88 valence electrons. The summed E-state index contributed by atoms with van der Waals surface area (Å²) in [7, 11) is 1.39. The van der Waals surface area contributed by atoms with Gasteiger partial charge in [0.15, 0.2) is 0 Å². The van der Waals surface area contributed by atoms with Crippen LogP contribution in [0.1, 0.15) is 26.7 Å². The van der Waals surface area contributed by atoms with Gasteiger partial charge in [-0.25, -0.2) is 4.79 Å². The number of para-hydroxylation sites is 1. The average Bonchev–Trinajstić information content (AvgIpc) is 2.36. The van der Waals surface area contributed by atoms with Gasteiger partial charge in [-0.2, -0.15) is 0 Å². The summed E-state index contributed by atoms with van der Waals surface area (Å²) in [6.45, 7) is 3.84. The van der Waals surface area contributed by atoms with Gasteiger partial charge in [0.1, 0.15) is 5.75 Å². The fourth-order valence-electron chi connectivity index (χ4n) is 1.62. The summed E-state index contributed by atoms with van der Waals surface area (Å²) in [5.41, 5.74) is -0.865. The number of benzene rings is 1. The highest BCUT2D eigenvalue weighted by molar-refractivity contribution is 5.79. The van der Waals surface area contributed by atoms with Crippen molar-refractivity contribution in [3.63, 3.8) is 0 Å². The predicted octanol–water partition coefficient (Wildman–Crippen LogP) is 2.80. The van der Waals surface area contributed by atoms with Crippen molar-refractivity contribution in [3.8, 4) is 5.75 Å². The van der Waals surface area contributed by atoms with Crippen molar-refractivity contribution < 1.29 is 14.3 Å². The van der Waals surface area contributed by atoms with E-state index in [4.69, 9.17) is 9.47 Å². The third-order valence-corrected chi connectivity index (χ3v) is 2.76. The van der Waals surface area contributed by atoms with Gasteiger partial charge < -0.3 is 9.47 Å². The summed E-state index contributed by atoms with van der Waals surface area (Å²) in [4.78, 5) is 11.8. The predicted molar refractivity (Wildman–Crippen MR) is 62.4 cm³/mol. The summed E-state index contributed by atoms with van der Waals surface area (Å²) < 4.78 is 10.6. The molecule has 0 aliphatic rings. The molecule has 1 aromatic carbocycles. The lowest BCUT2D eigenvalue weighted by Gasteiger charge is -2.29. The Morgan fingerprint density at radius 3 is 2.19 bits per heavy atom. The molecule has 0 atom stereocenters. The maximum absolute atomic E-state index is 11.8. The minimum Gasteiger partial charge on any atom is -0.476 e. The first-order valence-corrected chi connectivity index (χ1v) is 5.51. The molecule has 0 spiro atoms. The van der Waals surface area contributed by atoms with Gasteiger partial charge >= 0.3 is 5.97 Å². The van der Waals surface area contributed by atoms with Crippen LogP contribution in [-0.4, -0.2) is 18.7 Å².